The van der Waals surface area contributed by atoms with E-state index >= 15 is 0 Å². The molecule has 0 saturated heterocycles. The van der Waals surface area contributed by atoms with Gasteiger partial charge in [0.15, 0.2) is 5.69 Å². The van der Waals surface area contributed by atoms with Crippen LogP contribution in [0.1, 0.15) is 75.6 Å². The lowest BCUT2D eigenvalue weighted by Crippen LogP contribution is -2.48. The number of aromatic nitrogens is 3. The molecule has 0 radical (unpaired) electrons. The van der Waals surface area contributed by atoms with Crippen molar-refractivity contribution >= 4 is 5.91 Å². The van der Waals surface area contributed by atoms with Gasteiger partial charge >= 0.3 is 6.18 Å². The fraction of sp³-hybridized carbons (Fsp3) is 0.690. The average molecular weight is 550 g/mol. The van der Waals surface area contributed by atoms with Crippen LogP contribution in [0.4, 0.5) is 17.6 Å². The quantitative estimate of drug-likeness (QED) is 0.442. The first-order valence-electron chi connectivity index (χ1n) is 14.2. The molecule has 0 spiro atoms. The second kappa shape index (κ2) is 11.1. The fourth-order valence-electron chi connectivity index (χ4n) is 7.04. The number of hydrogen-bond donors (Lipinski definition) is 2. The van der Waals surface area contributed by atoms with Crippen molar-refractivity contribution in [3.63, 3.8) is 0 Å². The van der Waals surface area contributed by atoms with E-state index in [1.54, 1.807) is 12.1 Å². The maximum absolute atomic E-state index is 14.2. The molecule has 0 aliphatic heterocycles. The first-order valence-corrected chi connectivity index (χ1v) is 14.2. The van der Waals surface area contributed by atoms with Gasteiger partial charge in [0.25, 0.3) is 0 Å². The summed E-state index contributed by atoms with van der Waals surface area (Å²) in [6.07, 6.45) is 2.40. The molecule has 2 aromatic heterocycles. The number of halogens is 4. The Balaban J connectivity index is 1.37. The zero-order valence-corrected chi connectivity index (χ0v) is 22.6. The van der Waals surface area contributed by atoms with Crippen molar-refractivity contribution in [2.24, 2.45) is 36.6 Å². The summed E-state index contributed by atoms with van der Waals surface area (Å²) in [6, 6.07) is 6.50. The first kappa shape index (κ1) is 27.9. The molecule has 5 rings (SSSR count). The molecule has 2 heterocycles. The maximum Gasteiger partial charge on any atom is 0.435 e. The van der Waals surface area contributed by atoms with E-state index in [4.69, 9.17) is 5.41 Å². The zero-order chi connectivity index (χ0) is 27.9. The second-order valence-corrected chi connectivity index (χ2v) is 12.2. The van der Waals surface area contributed by atoms with E-state index in [0.717, 1.165) is 31.7 Å². The van der Waals surface area contributed by atoms with E-state index in [9.17, 15) is 22.4 Å². The minimum Gasteiger partial charge on any atom is -0.353 e. The van der Waals surface area contributed by atoms with E-state index in [1.165, 1.54) is 11.7 Å². The van der Waals surface area contributed by atoms with Crippen molar-refractivity contribution in [2.45, 2.75) is 89.1 Å². The molecule has 3 saturated carbocycles. The molecule has 3 fully saturated rings. The number of carbonyl (C=O) groups excluding carboxylic acids is 1. The van der Waals surface area contributed by atoms with Crippen LogP contribution in [0, 0.1) is 35.0 Å². The van der Waals surface area contributed by atoms with Gasteiger partial charge in [-0.25, -0.2) is 4.39 Å². The Bertz CT molecular complexity index is 1220. The van der Waals surface area contributed by atoms with Crippen LogP contribution in [-0.2, 0) is 24.6 Å². The summed E-state index contributed by atoms with van der Waals surface area (Å²) < 4.78 is 57.6. The van der Waals surface area contributed by atoms with Gasteiger partial charge in [-0.3, -0.25) is 14.9 Å². The lowest BCUT2D eigenvalue weighted by Gasteiger charge is -2.38. The van der Waals surface area contributed by atoms with Gasteiger partial charge in [-0.15, -0.1) is 0 Å². The van der Waals surface area contributed by atoms with Crippen molar-refractivity contribution in [3.05, 3.63) is 47.3 Å². The Labute approximate surface area is 226 Å². The summed E-state index contributed by atoms with van der Waals surface area (Å²) in [5.41, 5.74) is -0.0740. The highest BCUT2D eigenvalue weighted by molar-refractivity contribution is 5.79. The van der Waals surface area contributed by atoms with Crippen LogP contribution in [0.15, 0.2) is 30.5 Å². The summed E-state index contributed by atoms with van der Waals surface area (Å²) in [4.78, 5) is 13.8. The Morgan fingerprint density at radius 1 is 1.13 bits per heavy atom. The molecule has 0 bridgehead atoms. The fourth-order valence-corrected chi connectivity index (χ4v) is 7.04. The molecule has 0 aromatic carbocycles. The molecular formula is C29H39F4N5O. The molecule has 10 heteroatoms. The van der Waals surface area contributed by atoms with Crippen LogP contribution in [0.25, 0.3) is 0 Å². The van der Waals surface area contributed by atoms with Crippen LogP contribution >= 0.6 is 0 Å². The standard InChI is InChI=1S/C29H39F4N5O/c1-17-11-20(8-9-23(17)30)27(19-6-7-19)35-28(39)22-13-18(16-38-10-4-3-5-26(38)34)12-21(14-22)24-15-25(29(31,32)33)36-37(24)2/h3-5,10,15,17-23,27,34H,6-9,11-14,16H2,1-2H3,(H,35,39)/t17?,18?,20?,21?,22?,23?,27-/m0/s1. The van der Waals surface area contributed by atoms with Crippen LogP contribution in [0.2, 0.25) is 0 Å². The second-order valence-electron chi connectivity index (χ2n) is 12.2. The summed E-state index contributed by atoms with van der Waals surface area (Å²) >= 11 is 0. The van der Waals surface area contributed by atoms with Crippen molar-refractivity contribution in [1.82, 2.24) is 19.7 Å². The van der Waals surface area contributed by atoms with Gasteiger partial charge in [0, 0.05) is 43.4 Å². The van der Waals surface area contributed by atoms with E-state index in [0.29, 0.717) is 49.3 Å². The minimum atomic E-state index is -4.53. The van der Waals surface area contributed by atoms with Gasteiger partial charge in [0.1, 0.15) is 11.7 Å². The normalized spacial score (nSPS) is 30.6. The molecule has 6 unspecified atom stereocenters. The molecule has 3 aliphatic carbocycles. The van der Waals surface area contributed by atoms with Crippen molar-refractivity contribution < 1.29 is 22.4 Å². The van der Waals surface area contributed by atoms with E-state index in [1.807, 2.05) is 23.8 Å². The average Bonchev–Trinajstić information content (AvgIpc) is 3.65. The summed E-state index contributed by atoms with van der Waals surface area (Å²) in [5.74, 6) is 0.0340. The Morgan fingerprint density at radius 2 is 1.87 bits per heavy atom. The first-order chi connectivity index (χ1) is 18.5. The molecule has 1 amide bonds. The van der Waals surface area contributed by atoms with Gasteiger partial charge in [-0.1, -0.05) is 13.0 Å². The third-order valence-corrected chi connectivity index (χ3v) is 9.25. The predicted octanol–water partition coefficient (Wildman–Crippen LogP) is 5.59. The number of alkyl halides is 4. The largest absolute Gasteiger partial charge is 0.435 e. The van der Waals surface area contributed by atoms with Crippen LogP contribution in [0.5, 0.6) is 0 Å². The number of rotatable bonds is 7. The van der Waals surface area contributed by atoms with Crippen molar-refractivity contribution in [3.8, 4) is 0 Å². The molecular weight excluding hydrogens is 510 g/mol. The van der Waals surface area contributed by atoms with Gasteiger partial charge in [-0.05, 0) is 93.2 Å². The molecule has 6 nitrogen and oxygen atoms in total. The molecule has 7 atom stereocenters. The third-order valence-electron chi connectivity index (χ3n) is 9.25. The van der Waals surface area contributed by atoms with Crippen molar-refractivity contribution in [2.75, 3.05) is 0 Å². The molecule has 39 heavy (non-hydrogen) atoms. The molecule has 3 aliphatic rings. The Kier molecular flexibility index (Phi) is 7.93. The number of pyridine rings is 1. The predicted molar refractivity (Wildman–Crippen MR) is 138 cm³/mol. The van der Waals surface area contributed by atoms with E-state index < -0.39 is 18.0 Å². The maximum atomic E-state index is 14.2. The SMILES string of the molecule is CC1CC([C@@H](NC(=O)C2CC(Cn3ccccc3=N)CC(c3cc(C(F)(F)F)nn3C)C2)C2CC2)CCC1F. The van der Waals surface area contributed by atoms with Gasteiger partial charge < -0.3 is 9.88 Å². The van der Waals surface area contributed by atoms with Crippen LogP contribution in [0.3, 0.4) is 0 Å². The molecule has 214 valence electrons. The number of carbonyl (C=O) groups is 1. The van der Waals surface area contributed by atoms with Gasteiger partial charge in [0.05, 0.1) is 0 Å². The Morgan fingerprint density at radius 3 is 2.51 bits per heavy atom. The topological polar surface area (TPSA) is 75.7 Å². The highest BCUT2D eigenvalue weighted by atomic mass is 19.4. The minimum absolute atomic E-state index is 0.0139. The van der Waals surface area contributed by atoms with Crippen LogP contribution in [-0.4, -0.2) is 32.5 Å². The van der Waals surface area contributed by atoms with E-state index in [-0.39, 0.29) is 41.5 Å². The summed E-state index contributed by atoms with van der Waals surface area (Å²) in [6.45, 7) is 2.47. The Hall–Kier alpha value is -2.65. The number of nitrogens with one attached hydrogen (secondary N) is 2. The number of aryl methyl sites for hydroxylation is 1. The van der Waals surface area contributed by atoms with Crippen molar-refractivity contribution in [1.29, 1.82) is 5.41 Å². The zero-order valence-electron chi connectivity index (χ0n) is 22.6. The number of nitrogens with zero attached hydrogens (tertiary/aromatic N) is 3. The van der Waals surface area contributed by atoms with Gasteiger partial charge in [0.2, 0.25) is 5.91 Å². The smallest absolute Gasteiger partial charge is 0.353 e. The van der Waals surface area contributed by atoms with Crippen LogP contribution < -0.4 is 10.8 Å². The summed E-state index contributed by atoms with van der Waals surface area (Å²) in [5, 5.41) is 15.3. The number of hydrogen-bond acceptors (Lipinski definition) is 3. The highest BCUT2D eigenvalue weighted by Crippen LogP contribution is 2.44. The lowest BCUT2D eigenvalue weighted by molar-refractivity contribution is -0.141. The monoisotopic (exact) mass is 549 g/mol. The molecule has 2 N–H and O–H groups in total. The number of amides is 1. The third kappa shape index (κ3) is 6.40. The molecule has 2 aromatic rings. The highest BCUT2D eigenvalue weighted by Gasteiger charge is 2.43. The lowest BCUT2D eigenvalue weighted by atomic mass is 9.72. The summed E-state index contributed by atoms with van der Waals surface area (Å²) in [7, 11) is 1.53. The van der Waals surface area contributed by atoms with Gasteiger partial charge in [-0.2, -0.15) is 18.3 Å². The van der Waals surface area contributed by atoms with E-state index in [2.05, 4.69) is 10.4 Å².